The quantitative estimate of drug-likeness (QED) is 0.802. The van der Waals surface area contributed by atoms with Crippen LogP contribution in [0.1, 0.15) is 51.9 Å². The summed E-state index contributed by atoms with van der Waals surface area (Å²) in [5, 5.41) is 10.0. The summed E-state index contributed by atoms with van der Waals surface area (Å²) in [6.45, 7) is 4.40. The number of aliphatic hydroxyl groups excluding tert-OH is 1. The van der Waals surface area contributed by atoms with Gasteiger partial charge in [-0.05, 0) is 32.1 Å². The van der Waals surface area contributed by atoms with Crippen LogP contribution in [0.3, 0.4) is 0 Å². The molecule has 3 aliphatic heterocycles. The maximum absolute atomic E-state index is 12.5. The summed E-state index contributed by atoms with van der Waals surface area (Å²) in [5.74, 6) is 0.212. The van der Waals surface area contributed by atoms with Gasteiger partial charge >= 0.3 is 0 Å². The van der Waals surface area contributed by atoms with Crippen molar-refractivity contribution in [1.29, 1.82) is 0 Å². The zero-order valence-electron chi connectivity index (χ0n) is 15.8. The van der Waals surface area contributed by atoms with E-state index >= 15 is 0 Å². The minimum Gasteiger partial charge on any atom is -0.389 e. The van der Waals surface area contributed by atoms with E-state index in [1.165, 1.54) is 6.42 Å². The predicted octanol–water partition coefficient (Wildman–Crippen LogP) is 0.935. The van der Waals surface area contributed by atoms with E-state index in [0.717, 1.165) is 38.8 Å². The lowest BCUT2D eigenvalue weighted by Gasteiger charge is -2.44. The van der Waals surface area contributed by atoms with Gasteiger partial charge in [-0.1, -0.05) is 6.92 Å². The standard InChI is InChI=1S/C19H32N2O5/c1-2-18(23)21-11-14(22)12-25-13-17-16(21)7-6-15(26-17)10-19(24)20-8-4-3-5-9-20/h14-17,22H,2-13H2,1H3/t14-,15-,16-,17+/m1/s1. The van der Waals surface area contributed by atoms with Crippen LogP contribution in [0.2, 0.25) is 0 Å². The number of rotatable bonds is 3. The minimum absolute atomic E-state index is 0.0346. The molecule has 2 amide bonds. The molecule has 0 aromatic heterocycles. The molecule has 148 valence electrons. The number of carbonyl (C=O) groups excluding carboxylic acids is 2. The number of aliphatic hydroxyl groups is 1. The first-order chi connectivity index (χ1) is 12.6. The van der Waals surface area contributed by atoms with Crippen LogP contribution < -0.4 is 0 Å². The van der Waals surface area contributed by atoms with Crippen LogP contribution in [0, 0.1) is 0 Å². The Labute approximate surface area is 155 Å². The Balaban J connectivity index is 1.60. The van der Waals surface area contributed by atoms with Gasteiger partial charge in [0, 0.05) is 26.1 Å². The minimum atomic E-state index is -0.662. The molecule has 0 unspecified atom stereocenters. The number of hydrogen-bond acceptors (Lipinski definition) is 5. The Morgan fingerprint density at radius 3 is 2.58 bits per heavy atom. The van der Waals surface area contributed by atoms with E-state index in [2.05, 4.69) is 0 Å². The Morgan fingerprint density at radius 2 is 1.85 bits per heavy atom. The SMILES string of the molecule is CCC(=O)N1C[C@@H](O)COC[C@@H]2O[C@@H](CC(=O)N3CCCCC3)CC[C@H]21. The van der Waals surface area contributed by atoms with Crippen molar-refractivity contribution in [2.75, 3.05) is 32.8 Å². The van der Waals surface area contributed by atoms with Gasteiger partial charge in [-0.3, -0.25) is 9.59 Å². The van der Waals surface area contributed by atoms with Gasteiger partial charge in [0.15, 0.2) is 0 Å². The van der Waals surface area contributed by atoms with Crippen LogP contribution in [0.15, 0.2) is 0 Å². The number of hydrogen-bond donors (Lipinski definition) is 1. The fraction of sp³-hybridized carbons (Fsp3) is 0.895. The summed E-state index contributed by atoms with van der Waals surface area (Å²) in [5.41, 5.74) is 0. The maximum Gasteiger partial charge on any atom is 0.225 e. The van der Waals surface area contributed by atoms with E-state index in [0.29, 0.717) is 19.4 Å². The van der Waals surface area contributed by atoms with E-state index < -0.39 is 6.10 Å². The van der Waals surface area contributed by atoms with Crippen molar-refractivity contribution in [3.8, 4) is 0 Å². The van der Waals surface area contributed by atoms with Gasteiger partial charge in [0.05, 0.1) is 37.9 Å². The zero-order chi connectivity index (χ0) is 18.5. The summed E-state index contributed by atoms with van der Waals surface area (Å²) in [6, 6.07) is -0.0845. The van der Waals surface area contributed by atoms with Gasteiger partial charge in [-0.15, -0.1) is 0 Å². The first kappa shape index (κ1) is 19.6. The molecule has 7 nitrogen and oxygen atoms in total. The van der Waals surface area contributed by atoms with Gasteiger partial charge in [-0.25, -0.2) is 0 Å². The number of piperidine rings is 1. The molecular weight excluding hydrogens is 336 g/mol. The molecule has 0 bridgehead atoms. The van der Waals surface area contributed by atoms with Crippen LogP contribution in [-0.2, 0) is 19.1 Å². The molecule has 0 aliphatic carbocycles. The molecule has 7 heteroatoms. The Bertz CT molecular complexity index is 494. The molecule has 26 heavy (non-hydrogen) atoms. The van der Waals surface area contributed by atoms with Crippen molar-refractivity contribution in [2.45, 2.75) is 76.2 Å². The molecule has 4 atom stereocenters. The summed E-state index contributed by atoms with van der Waals surface area (Å²) in [6.07, 6.45) is 4.74. The number of fused-ring (bicyclic) bond motifs is 1. The van der Waals surface area contributed by atoms with Crippen LogP contribution in [0.4, 0.5) is 0 Å². The molecule has 0 spiro atoms. The second-order valence-corrected chi connectivity index (χ2v) is 7.68. The van der Waals surface area contributed by atoms with E-state index in [1.54, 1.807) is 4.90 Å². The lowest BCUT2D eigenvalue weighted by Crippen LogP contribution is -2.57. The number of amides is 2. The molecule has 0 radical (unpaired) electrons. The van der Waals surface area contributed by atoms with E-state index in [4.69, 9.17) is 9.47 Å². The number of β-amino-alcohol motifs (C(OH)–C–C–N with tert-alkyl or cyclic N) is 1. The zero-order valence-corrected chi connectivity index (χ0v) is 15.8. The molecule has 3 heterocycles. The van der Waals surface area contributed by atoms with Crippen molar-refractivity contribution in [3.63, 3.8) is 0 Å². The fourth-order valence-corrected chi connectivity index (χ4v) is 4.30. The first-order valence-electron chi connectivity index (χ1n) is 10.1. The molecule has 3 rings (SSSR count). The van der Waals surface area contributed by atoms with Gasteiger partial charge in [0.1, 0.15) is 6.10 Å². The highest BCUT2D eigenvalue weighted by molar-refractivity contribution is 5.77. The van der Waals surface area contributed by atoms with Crippen molar-refractivity contribution in [1.82, 2.24) is 9.80 Å². The molecular formula is C19H32N2O5. The third-order valence-electron chi connectivity index (χ3n) is 5.71. The number of nitrogens with zero attached hydrogens (tertiary/aromatic N) is 2. The summed E-state index contributed by atoms with van der Waals surface area (Å²) in [7, 11) is 0. The average molecular weight is 368 g/mol. The van der Waals surface area contributed by atoms with Crippen LogP contribution in [-0.4, -0.2) is 83.9 Å². The van der Waals surface area contributed by atoms with E-state index in [1.807, 2.05) is 11.8 Å². The van der Waals surface area contributed by atoms with Crippen LogP contribution in [0.25, 0.3) is 0 Å². The third-order valence-corrected chi connectivity index (χ3v) is 5.71. The van der Waals surface area contributed by atoms with Crippen molar-refractivity contribution < 1.29 is 24.2 Å². The van der Waals surface area contributed by atoms with Gasteiger partial charge in [0.25, 0.3) is 0 Å². The van der Waals surface area contributed by atoms with Gasteiger partial charge < -0.3 is 24.4 Å². The topological polar surface area (TPSA) is 79.3 Å². The monoisotopic (exact) mass is 368 g/mol. The highest BCUT2D eigenvalue weighted by Gasteiger charge is 2.39. The normalized spacial score (nSPS) is 33.2. The van der Waals surface area contributed by atoms with Crippen molar-refractivity contribution in [3.05, 3.63) is 0 Å². The largest absolute Gasteiger partial charge is 0.389 e. The fourth-order valence-electron chi connectivity index (χ4n) is 4.30. The highest BCUT2D eigenvalue weighted by atomic mass is 16.5. The molecule has 0 aromatic rings. The Hall–Kier alpha value is -1.18. The number of carbonyl (C=O) groups is 2. The maximum atomic E-state index is 12.5. The number of ether oxygens (including phenoxy) is 2. The molecule has 3 saturated heterocycles. The van der Waals surface area contributed by atoms with E-state index in [9.17, 15) is 14.7 Å². The summed E-state index contributed by atoms with van der Waals surface area (Å²) >= 11 is 0. The Kier molecular flexibility index (Phi) is 6.89. The first-order valence-corrected chi connectivity index (χ1v) is 10.1. The Morgan fingerprint density at radius 1 is 1.08 bits per heavy atom. The van der Waals surface area contributed by atoms with Gasteiger partial charge in [0.2, 0.25) is 11.8 Å². The second kappa shape index (κ2) is 9.15. The van der Waals surface area contributed by atoms with Gasteiger partial charge in [-0.2, -0.15) is 0 Å². The van der Waals surface area contributed by atoms with Crippen LogP contribution >= 0.6 is 0 Å². The van der Waals surface area contributed by atoms with Crippen molar-refractivity contribution in [2.24, 2.45) is 0 Å². The van der Waals surface area contributed by atoms with Crippen molar-refractivity contribution >= 4 is 11.8 Å². The van der Waals surface area contributed by atoms with E-state index in [-0.39, 0.29) is 43.2 Å². The lowest BCUT2D eigenvalue weighted by molar-refractivity contribution is -0.170. The third kappa shape index (κ3) is 4.75. The molecule has 0 aromatic carbocycles. The summed E-state index contributed by atoms with van der Waals surface area (Å²) < 4.78 is 11.8. The number of likely N-dealkylation sites (tertiary alicyclic amines) is 1. The lowest BCUT2D eigenvalue weighted by atomic mass is 9.94. The smallest absolute Gasteiger partial charge is 0.225 e. The average Bonchev–Trinajstić information content (AvgIpc) is 2.65. The molecule has 3 aliphatic rings. The summed E-state index contributed by atoms with van der Waals surface area (Å²) in [4.78, 5) is 28.6. The van der Waals surface area contributed by atoms with Crippen LogP contribution in [0.5, 0.6) is 0 Å². The molecule has 3 fully saturated rings. The molecule has 0 saturated carbocycles. The molecule has 1 N–H and O–H groups in total. The second-order valence-electron chi connectivity index (χ2n) is 7.68. The predicted molar refractivity (Wildman–Crippen MR) is 95.6 cm³/mol. The highest BCUT2D eigenvalue weighted by Crippen LogP contribution is 2.28.